The molecule has 0 bridgehead atoms. The Morgan fingerprint density at radius 3 is 2.35 bits per heavy atom. The van der Waals surface area contributed by atoms with Gasteiger partial charge in [-0.05, 0) is 88.9 Å². The largest absolute Gasteiger partial charge is 0.497 e. The zero-order valence-electron chi connectivity index (χ0n) is 20.1. The average molecular weight is 430 g/mol. The van der Waals surface area contributed by atoms with Gasteiger partial charge in [-0.3, -0.25) is 9.89 Å². The zero-order valence-corrected chi connectivity index (χ0v) is 20.1. The average Bonchev–Trinajstić information content (AvgIpc) is 2.83. The number of benzene rings is 1. The lowest BCUT2D eigenvalue weighted by Crippen LogP contribution is -2.62. The molecular weight excluding hydrogens is 386 g/mol. The maximum absolute atomic E-state index is 5.27. The van der Waals surface area contributed by atoms with Gasteiger partial charge in [0, 0.05) is 25.7 Å². The van der Waals surface area contributed by atoms with E-state index in [1.165, 1.54) is 63.8 Å². The molecular formula is C25H43N5O. The first-order valence-corrected chi connectivity index (χ1v) is 12.1. The van der Waals surface area contributed by atoms with Crippen LogP contribution in [0, 0.1) is 0 Å². The quantitative estimate of drug-likeness (QED) is 0.491. The minimum absolute atomic E-state index is 0.265. The molecule has 2 aliphatic heterocycles. The number of methoxy groups -OCH3 is 1. The van der Waals surface area contributed by atoms with Crippen molar-refractivity contribution < 1.29 is 4.74 Å². The van der Waals surface area contributed by atoms with E-state index in [4.69, 9.17) is 4.74 Å². The molecule has 0 amide bonds. The van der Waals surface area contributed by atoms with E-state index in [0.29, 0.717) is 5.92 Å². The molecule has 174 valence electrons. The number of hydrogen-bond donors (Lipinski definition) is 2. The molecule has 0 radical (unpaired) electrons. The van der Waals surface area contributed by atoms with Gasteiger partial charge in [0.15, 0.2) is 5.96 Å². The molecule has 0 aromatic heterocycles. The van der Waals surface area contributed by atoms with Crippen LogP contribution < -0.4 is 15.4 Å². The maximum atomic E-state index is 5.27. The zero-order chi connectivity index (χ0) is 22.1. The van der Waals surface area contributed by atoms with Gasteiger partial charge >= 0.3 is 0 Å². The number of nitrogens with zero attached hydrogens (tertiary/aromatic N) is 3. The molecule has 1 aromatic carbocycles. The lowest BCUT2D eigenvalue weighted by Gasteiger charge is -2.50. The lowest BCUT2D eigenvalue weighted by atomic mass is 9.84. The van der Waals surface area contributed by atoms with Gasteiger partial charge in [-0.2, -0.15) is 0 Å². The minimum atomic E-state index is 0.265. The molecule has 0 saturated carbocycles. The van der Waals surface area contributed by atoms with Crippen molar-refractivity contribution in [1.82, 2.24) is 20.4 Å². The first-order valence-electron chi connectivity index (χ1n) is 12.1. The molecule has 31 heavy (non-hydrogen) atoms. The van der Waals surface area contributed by atoms with Gasteiger partial charge in [0.25, 0.3) is 0 Å². The number of piperidine rings is 2. The number of ether oxygens (including phenoxy) is 1. The molecule has 0 spiro atoms. The van der Waals surface area contributed by atoms with E-state index in [2.05, 4.69) is 51.5 Å². The normalized spacial score (nSPS) is 21.5. The van der Waals surface area contributed by atoms with Crippen molar-refractivity contribution in [2.75, 3.05) is 60.5 Å². The summed E-state index contributed by atoms with van der Waals surface area (Å²) in [7, 11) is 5.84. The number of nitrogens with one attached hydrogen (secondary N) is 2. The molecule has 2 heterocycles. The molecule has 2 aliphatic rings. The lowest BCUT2D eigenvalue weighted by molar-refractivity contribution is 0.0173. The monoisotopic (exact) mass is 429 g/mol. The van der Waals surface area contributed by atoms with Crippen LogP contribution in [-0.4, -0.2) is 81.8 Å². The highest BCUT2D eigenvalue weighted by Crippen LogP contribution is 2.31. The van der Waals surface area contributed by atoms with Crippen LogP contribution in [0.2, 0.25) is 0 Å². The van der Waals surface area contributed by atoms with Gasteiger partial charge in [-0.15, -0.1) is 0 Å². The summed E-state index contributed by atoms with van der Waals surface area (Å²) in [4.78, 5) is 9.75. The smallest absolute Gasteiger partial charge is 0.191 e. The van der Waals surface area contributed by atoms with Crippen molar-refractivity contribution in [3.8, 4) is 5.75 Å². The number of guanidine groups is 1. The summed E-state index contributed by atoms with van der Waals surface area (Å²) >= 11 is 0. The summed E-state index contributed by atoms with van der Waals surface area (Å²) in [6, 6.07) is 8.42. The number of rotatable bonds is 8. The molecule has 1 atom stereocenters. The van der Waals surface area contributed by atoms with Gasteiger partial charge < -0.3 is 20.3 Å². The maximum Gasteiger partial charge on any atom is 0.191 e. The second-order valence-corrected chi connectivity index (χ2v) is 9.39. The van der Waals surface area contributed by atoms with Gasteiger partial charge in [-0.25, -0.2) is 0 Å². The van der Waals surface area contributed by atoms with Crippen LogP contribution in [0.1, 0.15) is 56.9 Å². The Bertz CT molecular complexity index is 676. The van der Waals surface area contributed by atoms with Gasteiger partial charge in [0.2, 0.25) is 0 Å². The van der Waals surface area contributed by atoms with E-state index in [0.717, 1.165) is 31.2 Å². The molecule has 3 rings (SSSR count). The highest BCUT2D eigenvalue weighted by Gasteiger charge is 2.39. The van der Waals surface area contributed by atoms with Gasteiger partial charge in [-0.1, -0.05) is 25.5 Å². The Morgan fingerprint density at radius 2 is 1.74 bits per heavy atom. The fourth-order valence-electron chi connectivity index (χ4n) is 4.98. The van der Waals surface area contributed by atoms with E-state index in [9.17, 15) is 0 Å². The highest BCUT2D eigenvalue weighted by atomic mass is 16.5. The van der Waals surface area contributed by atoms with Crippen molar-refractivity contribution in [2.45, 2.75) is 56.9 Å². The van der Waals surface area contributed by atoms with Crippen molar-refractivity contribution in [2.24, 2.45) is 4.99 Å². The Hall–Kier alpha value is -1.79. The number of likely N-dealkylation sites (tertiary alicyclic amines) is 2. The third-order valence-corrected chi connectivity index (χ3v) is 7.31. The van der Waals surface area contributed by atoms with Crippen LogP contribution >= 0.6 is 0 Å². The molecule has 1 unspecified atom stereocenters. The minimum Gasteiger partial charge on any atom is -0.497 e. The predicted molar refractivity (Wildman–Crippen MR) is 130 cm³/mol. The van der Waals surface area contributed by atoms with Gasteiger partial charge in [0.1, 0.15) is 5.75 Å². The van der Waals surface area contributed by atoms with Crippen molar-refractivity contribution in [1.29, 1.82) is 0 Å². The molecule has 0 aliphatic carbocycles. The summed E-state index contributed by atoms with van der Waals surface area (Å²) in [6.07, 6.45) is 7.61. The van der Waals surface area contributed by atoms with E-state index in [1.807, 2.05) is 19.2 Å². The van der Waals surface area contributed by atoms with Crippen LogP contribution in [0.3, 0.4) is 0 Å². The van der Waals surface area contributed by atoms with E-state index in [1.54, 1.807) is 7.11 Å². The fraction of sp³-hybridized carbons (Fsp3) is 0.720. The number of aliphatic imine (C=N–C) groups is 1. The Kier molecular flexibility index (Phi) is 9.02. The fourth-order valence-corrected chi connectivity index (χ4v) is 4.98. The topological polar surface area (TPSA) is 52.1 Å². The van der Waals surface area contributed by atoms with Crippen molar-refractivity contribution >= 4 is 5.96 Å². The van der Waals surface area contributed by atoms with E-state index in [-0.39, 0.29) is 5.54 Å². The van der Waals surface area contributed by atoms with Crippen LogP contribution in [-0.2, 0) is 0 Å². The Morgan fingerprint density at radius 1 is 1.06 bits per heavy atom. The van der Waals surface area contributed by atoms with E-state index >= 15 is 0 Å². The molecule has 6 heteroatoms. The van der Waals surface area contributed by atoms with Crippen LogP contribution in [0.5, 0.6) is 5.75 Å². The van der Waals surface area contributed by atoms with Crippen molar-refractivity contribution in [3.05, 3.63) is 29.8 Å². The summed E-state index contributed by atoms with van der Waals surface area (Å²) in [5.74, 6) is 2.33. The molecule has 2 fully saturated rings. The van der Waals surface area contributed by atoms with Gasteiger partial charge in [0.05, 0.1) is 7.11 Å². The standard InChI is InChI=1S/C25H43N5O/c1-21(22-8-10-23(31-4)11-9-22)12-15-27-24(26-2)28-20-25(13-18-29(3)19-14-25)30-16-6-5-7-17-30/h8-11,21H,5-7,12-20H2,1-4H3,(H2,26,27,28). The van der Waals surface area contributed by atoms with Crippen LogP contribution in [0.25, 0.3) is 0 Å². The first kappa shape index (κ1) is 23.9. The van der Waals surface area contributed by atoms with Crippen LogP contribution in [0.15, 0.2) is 29.3 Å². The third kappa shape index (κ3) is 6.59. The molecule has 1 aromatic rings. The SMILES string of the molecule is CN=C(NCCC(C)c1ccc(OC)cc1)NCC1(N2CCCCC2)CCN(C)CC1. The number of hydrogen-bond acceptors (Lipinski definition) is 4. The van der Waals surface area contributed by atoms with Crippen LogP contribution in [0.4, 0.5) is 0 Å². The summed E-state index contributed by atoms with van der Waals surface area (Å²) < 4.78 is 5.27. The third-order valence-electron chi connectivity index (χ3n) is 7.31. The molecule has 2 N–H and O–H groups in total. The Labute approximate surface area is 189 Å². The van der Waals surface area contributed by atoms with Crippen molar-refractivity contribution in [3.63, 3.8) is 0 Å². The Balaban J connectivity index is 1.49. The molecule has 2 saturated heterocycles. The second-order valence-electron chi connectivity index (χ2n) is 9.39. The predicted octanol–water partition coefficient (Wildman–Crippen LogP) is 3.30. The summed E-state index contributed by atoms with van der Waals surface area (Å²) in [5.41, 5.74) is 1.61. The first-order chi connectivity index (χ1) is 15.1. The second kappa shape index (κ2) is 11.7. The summed E-state index contributed by atoms with van der Waals surface area (Å²) in [5, 5.41) is 7.23. The molecule has 6 nitrogen and oxygen atoms in total. The van der Waals surface area contributed by atoms with E-state index < -0.39 is 0 Å². The highest BCUT2D eigenvalue weighted by molar-refractivity contribution is 5.79. The summed E-state index contributed by atoms with van der Waals surface area (Å²) in [6.45, 7) is 9.03.